The number of sulfonamides is 1. The highest BCUT2D eigenvalue weighted by Crippen LogP contribution is 2.13. The van der Waals surface area contributed by atoms with Crippen LogP contribution in [0.3, 0.4) is 0 Å². The standard InChI is InChI=1S/C15H25N3O2S/c1-13(12-18-10-2-3-11-18)17-21(19,20)15-6-4-14(5-7-15)8-9-16/h4-7,13,17H,2-3,8-12,16H2,1H3. The van der Waals surface area contributed by atoms with Gasteiger partial charge in [0.25, 0.3) is 0 Å². The van der Waals surface area contributed by atoms with Gasteiger partial charge in [0.1, 0.15) is 0 Å². The third-order valence-electron chi connectivity index (χ3n) is 3.75. The second-order valence-electron chi connectivity index (χ2n) is 5.71. The van der Waals surface area contributed by atoms with Crippen molar-refractivity contribution >= 4 is 10.0 Å². The molecule has 1 aliphatic rings. The summed E-state index contributed by atoms with van der Waals surface area (Å²) in [5.41, 5.74) is 6.55. The molecule has 1 unspecified atom stereocenters. The van der Waals surface area contributed by atoms with E-state index in [0.717, 1.165) is 31.6 Å². The summed E-state index contributed by atoms with van der Waals surface area (Å²) in [5.74, 6) is 0. The van der Waals surface area contributed by atoms with Gasteiger partial charge in [0.05, 0.1) is 4.90 Å². The van der Waals surface area contributed by atoms with Crippen molar-refractivity contribution in [3.05, 3.63) is 29.8 Å². The molecular formula is C15H25N3O2S. The first-order valence-corrected chi connectivity index (χ1v) is 9.03. The second kappa shape index (κ2) is 7.35. The van der Waals surface area contributed by atoms with Gasteiger partial charge < -0.3 is 10.6 Å². The summed E-state index contributed by atoms with van der Waals surface area (Å²) in [4.78, 5) is 2.62. The van der Waals surface area contributed by atoms with E-state index in [1.807, 2.05) is 19.1 Å². The van der Waals surface area contributed by atoms with E-state index >= 15 is 0 Å². The van der Waals surface area contributed by atoms with Crippen LogP contribution in [0.2, 0.25) is 0 Å². The highest BCUT2D eigenvalue weighted by molar-refractivity contribution is 7.89. The summed E-state index contributed by atoms with van der Waals surface area (Å²) in [6.07, 6.45) is 3.18. The van der Waals surface area contributed by atoms with Crippen molar-refractivity contribution in [2.24, 2.45) is 5.73 Å². The van der Waals surface area contributed by atoms with Gasteiger partial charge in [-0.25, -0.2) is 13.1 Å². The number of hydrogen-bond donors (Lipinski definition) is 2. The number of benzene rings is 1. The molecule has 5 nitrogen and oxygen atoms in total. The third-order valence-corrected chi connectivity index (χ3v) is 5.36. The second-order valence-corrected chi connectivity index (χ2v) is 7.43. The van der Waals surface area contributed by atoms with Crippen LogP contribution in [0, 0.1) is 0 Å². The summed E-state index contributed by atoms with van der Waals surface area (Å²) in [6, 6.07) is 6.86. The first-order valence-electron chi connectivity index (χ1n) is 7.55. The molecule has 1 fully saturated rings. The normalized spacial score (nSPS) is 18.0. The maximum Gasteiger partial charge on any atom is 0.240 e. The van der Waals surface area contributed by atoms with E-state index in [1.165, 1.54) is 12.8 Å². The predicted octanol–water partition coefficient (Wildman–Crippen LogP) is 0.950. The minimum atomic E-state index is -3.44. The zero-order chi connectivity index (χ0) is 15.3. The number of hydrogen-bond acceptors (Lipinski definition) is 4. The van der Waals surface area contributed by atoms with Crippen molar-refractivity contribution in [3.8, 4) is 0 Å². The fourth-order valence-corrected chi connectivity index (χ4v) is 3.96. The maximum absolute atomic E-state index is 12.3. The minimum Gasteiger partial charge on any atom is -0.330 e. The molecular weight excluding hydrogens is 286 g/mol. The number of nitrogens with one attached hydrogen (secondary N) is 1. The Morgan fingerprint density at radius 1 is 1.24 bits per heavy atom. The molecule has 21 heavy (non-hydrogen) atoms. The zero-order valence-corrected chi connectivity index (χ0v) is 13.4. The van der Waals surface area contributed by atoms with E-state index in [4.69, 9.17) is 5.73 Å². The molecule has 6 heteroatoms. The lowest BCUT2D eigenvalue weighted by Gasteiger charge is -2.21. The van der Waals surface area contributed by atoms with Crippen molar-refractivity contribution in [2.45, 2.75) is 37.1 Å². The Morgan fingerprint density at radius 3 is 2.43 bits per heavy atom. The Kier molecular flexibility index (Phi) is 5.75. The molecule has 0 radical (unpaired) electrons. The van der Waals surface area contributed by atoms with Crippen molar-refractivity contribution in [1.29, 1.82) is 0 Å². The van der Waals surface area contributed by atoms with Crippen molar-refractivity contribution in [1.82, 2.24) is 9.62 Å². The molecule has 1 heterocycles. The fraction of sp³-hybridized carbons (Fsp3) is 0.600. The van der Waals surface area contributed by atoms with Crippen LogP contribution in [0.1, 0.15) is 25.3 Å². The van der Waals surface area contributed by atoms with E-state index in [1.54, 1.807) is 12.1 Å². The molecule has 1 saturated heterocycles. The number of likely N-dealkylation sites (tertiary alicyclic amines) is 1. The molecule has 1 aliphatic heterocycles. The topological polar surface area (TPSA) is 75.4 Å². The van der Waals surface area contributed by atoms with Crippen LogP contribution in [-0.2, 0) is 16.4 Å². The summed E-state index contributed by atoms with van der Waals surface area (Å²) in [7, 11) is -3.44. The summed E-state index contributed by atoms with van der Waals surface area (Å²) < 4.78 is 27.4. The molecule has 0 saturated carbocycles. The predicted molar refractivity (Wildman–Crippen MR) is 84.7 cm³/mol. The molecule has 0 spiro atoms. The first-order chi connectivity index (χ1) is 10.0. The molecule has 0 aromatic heterocycles. The smallest absolute Gasteiger partial charge is 0.240 e. The Morgan fingerprint density at radius 2 is 1.86 bits per heavy atom. The van der Waals surface area contributed by atoms with Crippen LogP contribution in [0.4, 0.5) is 0 Å². The molecule has 2 rings (SSSR count). The van der Waals surface area contributed by atoms with Gasteiger partial charge in [-0.2, -0.15) is 0 Å². The molecule has 0 amide bonds. The van der Waals surface area contributed by atoms with Crippen LogP contribution in [0.15, 0.2) is 29.2 Å². The average molecular weight is 311 g/mol. The first kappa shape index (κ1) is 16.4. The lowest BCUT2D eigenvalue weighted by atomic mass is 10.2. The van der Waals surface area contributed by atoms with Gasteiger partial charge in [0.2, 0.25) is 10.0 Å². The van der Waals surface area contributed by atoms with Crippen molar-refractivity contribution in [2.75, 3.05) is 26.2 Å². The summed E-state index contributed by atoms with van der Waals surface area (Å²) >= 11 is 0. The van der Waals surface area contributed by atoms with Crippen LogP contribution in [-0.4, -0.2) is 45.5 Å². The molecule has 3 N–H and O–H groups in total. The van der Waals surface area contributed by atoms with E-state index in [9.17, 15) is 8.42 Å². The SMILES string of the molecule is CC(CN1CCCC1)NS(=O)(=O)c1ccc(CCN)cc1. The Labute approximate surface area is 127 Å². The average Bonchev–Trinajstić information content (AvgIpc) is 2.92. The summed E-state index contributed by atoms with van der Waals surface area (Å²) in [6.45, 7) is 5.39. The number of nitrogens with two attached hydrogens (primary N) is 1. The van der Waals surface area contributed by atoms with Crippen molar-refractivity contribution < 1.29 is 8.42 Å². The lowest BCUT2D eigenvalue weighted by molar-refractivity contribution is 0.313. The highest BCUT2D eigenvalue weighted by atomic mass is 32.2. The van der Waals surface area contributed by atoms with Crippen LogP contribution in [0.25, 0.3) is 0 Å². The van der Waals surface area contributed by atoms with Gasteiger partial charge in [-0.15, -0.1) is 0 Å². The van der Waals surface area contributed by atoms with Crippen molar-refractivity contribution in [3.63, 3.8) is 0 Å². The lowest BCUT2D eigenvalue weighted by Crippen LogP contribution is -2.41. The Hall–Kier alpha value is -0.950. The van der Waals surface area contributed by atoms with E-state index in [0.29, 0.717) is 11.4 Å². The third kappa shape index (κ3) is 4.78. The molecule has 1 aromatic carbocycles. The van der Waals surface area contributed by atoms with E-state index in [-0.39, 0.29) is 6.04 Å². The zero-order valence-electron chi connectivity index (χ0n) is 12.6. The molecule has 1 aromatic rings. The van der Waals surface area contributed by atoms with E-state index in [2.05, 4.69) is 9.62 Å². The molecule has 0 bridgehead atoms. The van der Waals surface area contributed by atoms with Gasteiger partial charge in [0.15, 0.2) is 0 Å². The van der Waals surface area contributed by atoms with E-state index < -0.39 is 10.0 Å². The van der Waals surface area contributed by atoms with Gasteiger partial charge in [-0.1, -0.05) is 12.1 Å². The van der Waals surface area contributed by atoms with Gasteiger partial charge in [-0.3, -0.25) is 0 Å². The number of rotatable bonds is 7. The Balaban J connectivity index is 1.96. The van der Waals surface area contributed by atoms with Gasteiger partial charge >= 0.3 is 0 Å². The fourth-order valence-electron chi connectivity index (χ4n) is 2.72. The molecule has 118 valence electrons. The quantitative estimate of drug-likeness (QED) is 0.786. The molecule has 1 atom stereocenters. The summed E-state index contributed by atoms with van der Waals surface area (Å²) in [5, 5.41) is 0. The van der Waals surface area contributed by atoms with Gasteiger partial charge in [0, 0.05) is 12.6 Å². The molecule has 0 aliphatic carbocycles. The van der Waals surface area contributed by atoms with Gasteiger partial charge in [-0.05, 0) is 63.5 Å². The monoisotopic (exact) mass is 311 g/mol. The largest absolute Gasteiger partial charge is 0.330 e. The number of nitrogens with zero attached hydrogens (tertiary/aromatic N) is 1. The Bertz CT molecular complexity index is 537. The maximum atomic E-state index is 12.3. The van der Waals surface area contributed by atoms with Crippen LogP contribution in [0.5, 0.6) is 0 Å². The van der Waals surface area contributed by atoms with Crippen LogP contribution < -0.4 is 10.5 Å². The minimum absolute atomic E-state index is 0.0863. The van der Waals surface area contributed by atoms with Crippen LogP contribution >= 0.6 is 0 Å². The highest BCUT2D eigenvalue weighted by Gasteiger charge is 2.20.